The quantitative estimate of drug-likeness (QED) is 0.499. The number of hydrogen-bond acceptors (Lipinski definition) is 9. The van der Waals surface area contributed by atoms with Crippen LogP contribution in [0.25, 0.3) is 22.3 Å². The van der Waals surface area contributed by atoms with E-state index in [2.05, 4.69) is 15.0 Å². The van der Waals surface area contributed by atoms with Gasteiger partial charge in [0.15, 0.2) is 6.23 Å². The summed E-state index contributed by atoms with van der Waals surface area (Å²) < 4.78 is 41.9. The van der Waals surface area contributed by atoms with Crippen LogP contribution in [0.15, 0.2) is 30.6 Å². The predicted molar refractivity (Wildman–Crippen MR) is 122 cm³/mol. The van der Waals surface area contributed by atoms with E-state index in [-0.39, 0.29) is 12.8 Å². The highest BCUT2D eigenvalue weighted by Gasteiger charge is 2.23. The van der Waals surface area contributed by atoms with Crippen LogP contribution < -0.4 is 4.90 Å². The maximum absolute atomic E-state index is 11.7. The first kappa shape index (κ1) is 22.2. The Hall–Kier alpha value is -2.60. The molecule has 5 rings (SSSR count). The Morgan fingerprint density at radius 2 is 2.00 bits per heavy atom. The van der Waals surface area contributed by atoms with Crippen molar-refractivity contribution in [2.24, 2.45) is 0 Å². The van der Waals surface area contributed by atoms with Gasteiger partial charge in [0.2, 0.25) is 0 Å². The molecule has 2 fully saturated rings. The molecule has 1 atom stereocenters. The molecule has 2 saturated heterocycles. The SMILES string of the molecule is CS(=O)(=O)OCc1cc(N2CCOCC2)nc2c(-c3ccnn3C3CCCCO3)nccc12. The maximum atomic E-state index is 11.7. The first-order chi connectivity index (χ1) is 16.0. The molecular weight excluding hydrogens is 446 g/mol. The molecule has 1 unspecified atom stereocenters. The molecule has 5 heterocycles. The average molecular weight is 474 g/mol. The van der Waals surface area contributed by atoms with Gasteiger partial charge in [-0.05, 0) is 43.0 Å². The molecule has 0 bridgehead atoms. The third-order valence-corrected chi connectivity index (χ3v) is 6.45. The standard InChI is InChI=1S/C22H27N5O5S/c1-33(28,29)32-15-16-14-19(26-9-12-30-13-10-26)25-21-17(16)5-7-23-22(21)18-6-8-24-27(18)20-4-2-3-11-31-20/h5-8,14,20H,2-4,9-13,15H2,1H3. The number of pyridine rings is 2. The minimum atomic E-state index is -3.60. The molecule has 3 aromatic heterocycles. The van der Waals surface area contributed by atoms with Gasteiger partial charge in [0.05, 0.1) is 31.8 Å². The van der Waals surface area contributed by atoms with E-state index in [1.165, 1.54) is 0 Å². The molecule has 0 spiro atoms. The molecule has 33 heavy (non-hydrogen) atoms. The highest BCUT2D eigenvalue weighted by Crippen LogP contribution is 2.33. The number of nitrogens with zero attached hydrogens (tertiary/aromatic N) is 5. The van der Waals surface area contributed by atoms with E-state index in [9.17, 15) is 8.42 Å². The summed E-state index contributed by atoms with van der Waals surface area (Å²) in [6.45, 7) is 3.26. The van der Waals surface area contributed by atoms with Gasteiger partial charge in [-0.3, -0.25) is 9.17 Å². The molecule has 2 aliphatic rings. The third-order valence-electron chi connectivity index (χ3n) is 5.90. The van der Waals surface area contributed by atoms with Gasteiger partial charge < -0.3 is 14.4 Å². The molecule has 2 aliphatic heterocycles. The summed E-state index contributed by atoms with van der Waals surface area (Å²) in [7, 11) is -3.60. The molecule has 176 valence electrons. The monoisotopic (exact) mass is 473 g/mol. The molecule has 0 amide bonds. The Bertz CT molecular complexity index is 1230. The molecular formula is C22H27N5O5S. The van der Waals surface area contributed by atoms with Crippen molar-refractivity contribution in [3.63, 3.8) is 0 Å². The lowest BCUT2D eigenvalue weighted by molar-refractivity contribution is -0.0383. The lowest BCUT2D eigenvalue weighted by Gasteiger charge is -2.28. The second kappa shape index (κ2) is 9.34. The molecule has 0 N–H and O–H groups in total. The summed E-state index contributed by atoms with van der Waals surface area (Å²) in [6, 6.07) is 5.65. The Balaban J connectivity index is 1.63. The van der Waals surface area contributed by atoms with Crippen LogP contribution in [0.4, 0.5) is 5.82 Å². The van der Waals surface area contributed by atoms with E-state index < -0.39 is 10.1 Å². The minimum absolute atomic E-state index is 0.0797. The molecule has 11 heteroatoms. The van der Waals surface area contributed by atoms with E-state index in [1.54, 1.807) is 12.4 Å². The second-order valence-electron chi connectivity index (χ2n) is 8.24. The molecule has 0 aromatic carbocycles. The van der Waals surface area contributed by atoms with Gasteiger partial charge in [-0.2, -0.15) is 13.5 Å². The zero-order chi connectivity index (χ0) is 22.8. The topological polar surface area (TPSA) is 109 Å². The van der Waals surface area contributed by atoms with Gasteiger partial charge in [-0.1, -0.05) is 0 Å². The van der Waals surface area contributed by atoms with Crippen molar-refractivity contribution in [2.75, 3.05) is 44.1 Å². The summed E-state index contributed by atoms with van der Waals surface area (Å²) in [5.74, 6) is 0.743. The first-order valence-electron chi connectivity index (χ1n) is 11.1. The van der Waals surface area contributed by atoms with Crippen LogP contribution in [0.5, 0.6) is 0 Å². The Morgan fingerprint density at radius 3 is 2.76 bits per heavy atom. The van der Waals surface area contributed by atoms with E-state index in [0.717, 1.165) is 48.0 Å². The smallest absolute Gasteiger partial charge is 0.264 e. The largest absolute Gasteiger partial charge is 0.378 e. The van der Waals surface area contributed by atoms with Crippen molar-refractivity contribution in [1.82, 2.24) is 19.7 Å². The summed E-state index contributed by atoms with van der Waals surface area (Å²) in [4.78, 5) is 11.8. The van der Waals surface area contributed by atoms with Gasteiger partial charge in [-0.15, -0.1) is 0 Å². The second-order valence-corrected chi connectivity index (χ2v) is 9.89. The van der Waals surface area contributed by atoms with Crippen LogP contribution in [0, 0.1) is 0 Å². The average Bonchev–Trinajstić information content (AvgIpc) is 3.32. The highest BCUT2D eigenvalue weighted by molar-refractivity contribution is 7.85. The number of morpholine rings is 1. The fourth-order valence-corrected chi connectivity index (χ4v) is 4.63. The number of anilines is 1. The van der Waals surface area contributed by atoms with Crippen LogP contribution in [0.2, 0.25) is 0 Å². The van der Waals surface area contributed by atoms with Crippen LogP contribution in [0.3, 0.4) is 0 Å². The van der Waals surface area contributed by atoms with E-state index in [0.29, 0.717) is 44.1 Å². The van der Waals surface area contributed by atoms with E-state index >= 15 is 0 Å². The fourth-order valence-electron chi connectivity index (χ4n) is 4.29. The van der Waals surface area contributed by atoms with Crippen LogP contribution >= 0.6 is 0 Å². The van der Waals surface area contributed by atoms with Gasteiger partial charge in [0.1, 0.15) is 17.0 Å². The zero-order valence-electron chi connectivity index (χ0n) is 18.5. The minimum Gasteiger partial charge on any atom is -0.378 e. The van der Waals surface area contributed by atoms with Crippen LogP contribution in [-0.2, 0) is 30.4 Å². The number of hydrogen-bond donors (Lipinski definition) is 0. The lowest BCUT2D eigenvalue weighted by Crippen LogP contribution is -2.36. The number of aromatic nitrogens is 4. The van der Waals surface area contributed by atoms with Crippen molar-refractivity contribution in [3.8, 4) is 11.4 Å². The Labute approximate surface area is 192 Å². The maximum Gasteiger partial charge on any atom is 0.264 e. The van der Waals surface area contributed by atoms with E-state index in [1.807, 2.05) is 22.9 Å². The Kier molecular flexibility index (Phi) is 6.28. The zero-order valence-corrected chi connectivity index (χ0v) is 19.3. The molecule has 3 aromatic rings. The van der Waals surface area contributed by atoms with Gasteiger partial charge in [0, 0.05) is 37.5 Å². The first-order valence-corrected chi connectivity index (χ1v) is 12.9. The number of fused-ring (bicyclic) bond motifs is 1. The highest BCUT2D eigenvalue weighted by atomic mass is 32.2. The van der Waals surface area contributed by atoms with Crippen molar-refractivity contribution in [1.29, 1.82) is 0 Å². The number of rotatable bonds is 6. The summed E-state index contributed by atoms with van der Waals surface area (Å²) in [5, 5.41) is 5.31. The summed E-state index contributed by atoms with van der Waals surface area (Å²) >= 11 is 0. The van der Waals surface area contributed by atoms with Crippen molar-refractivity contribution in [3.05, 3.63) is 36.2 Å². The molecule has 0 saturated carbocycles. The predicted octanol–water partition coefficient (Wildman–Crippen LogP) is 2.51. The van der Waals surface area contributed by atoms with Crippen molar-refractivity contribution >= 4 is 26.8 Å². The molecule has 0 aliphatic carbocycles. The van der Waals surface area contributed by atoms with Crippen LogP contribution in [0.1, 0.15) is 31.1 Å². The van der Waals surface area contributed by atoms with Crippen LogP contribution in [-0.4, -0.2) is 67.3 Å². The summed E-state index contributed by atoms with van der Waals surface area (Å²) in [6.07, 6.45) is 7.38. The normalized spacial score (nSPS) is 19.8. The summed E-state index contributed by atoms with van der Waals surface area (Å²) in [5.41, 5.74) is 2.89. The third kappa shape index (κ3) is 4.86. The van der Waals surface area contributed by atoms with Gasteiger partial charge in [0.25, 0.3) is 10.1 Å². The van der Waals surface area contributed by atoms with Crippen molar-refractivity contribution < 1.29 is 22.1 Å². The Morgan fingerprint density at radius 1 is 1.15 bits per heavy atom. The molecule has 0 radical (unpaired) electrons. The number of ether oxygens (including phenoxy) is 2. The van der Waals surface area contributed by atoms with Gasteiger partial charge >= 0.3 is 0 Å². The fraction of sp³-hybridized carbons (Fsp3) is 0.500. The lowest BCUT2D eigenvalue weighted by atomic mass is 10.1. The molecule has 10 nitrogen and oxygen atoms in total. The van der Waals surface area contributed by atoms with Crippen molar-refractivity contribution in [2.45, 2.75) is 32.1 Å². The van der Waals surface area contributed by atoms with Gasteiger partial charge in [-0.25, -0.2) is 9.67 Å². The van der Waals surface area contributed by atoms with E-state index in [4.69, 9.17) is 18.6 Å².